The van der Waals surface area contributed by atoms with E-state index in [0.717, 1.165) is 23.5 Å². The van der Waals surface area contributed by atoms with Gasteiger partial charge in [-0.3, -0.25) is 0 Å². The average Bonchev–Trinajstić information content (AvgIpc) is 2.98. The molecular formula is C13H17N3O2S2. The number of sulfone groups is 1. The third kappa shape index (κ3) is 2.52. The smallest absolute Gasteiger partial charge is 0.165 e. The van der Waals surface area contributed by atoms with Gasteiger partial charge < -0.3 is 4.57 Å². The van der Waals surface area contributed by atoms with Gasteiger partial charge in [-0.15, -0.1) is 21.5 Å². The van der Waals surface area contributed by atoms with Crippen LogP contribution in [0.5, 0.6) is 0 Å². The third-order valence-corrected chi connectivity index (χ3v) is 6.95. The van der Waals surface area contributed by atoms with Crippen LogP contribution in [0.4, 0.5) is 0 Å². The minimum Gasteiger partial charge on any atom is -0.317 e. The van der Waals surface area contributed by atoms with Gasteiger partial charge in [-0.2, -0.15) is 0 Å². The fourth-order valence-corrected chi connectivity index (χ4v) is 4.77. The molecule has 0 N–H and O–H groups in total. The van der Waals surface area contributed by atoms with Crippen LogP contribution in [0.15, 0.2) is 17.5 Å². The molecule has 2 aromatic rings. The van der Waals surface area contributed by atoms with Crippen molar-refractivity contribution in [3.05, 3.63) is 34.0 Å². The first-order valence-electron chi connectivity index (χ1n) is 6.62. The van der Waals surface area contributed by atoms with Gasteiger partial charge in [0.2, 0.25) is 0 Å². The van der Waals surface area contributed by atoms with Crippen molar-refractivity contribution < 1.29 is 8.42 Å². The summed E-state index contributed by atoms with van der Waals surface area (Å²) in [5.74, 6) is 1.87. The monoisotopic (exact) mass is 311 g/mol. The first-order chi connectivity index (χ1) is 9.49. The SMILES string of the molecule is C[C@H](c1cccs1)S(=O)(=O)Cc1nnc(C2CC2)n1C. The molecule has 0 spiro atoms. The lowest BCUT2D eigenvalue weighted by molar-refractivity contribution is 0.583. The summed E-state index contributed by atoms with van der Waals surface area (Å²) in [5.41, 5.74) is 0. The van der Waals surface area contributed by atoms with E-state index in [4.69, 9.17) is 0 Å². The molecular weight excluding hydrogens is 294 g/mol. The van der Waals surface area contributed by atoms with E-state index in [1.165, 1.54) is 11.3 Å². The van der Waals surface area contributed by atoms with E-state index in [-0.39, 0.29) is 5.75 Å². The average molecular weight is 311 g/mol. The van der Waals surface area contributed by atoms with Crippen molar-refractivity contribution in [1.29, 1.82) is 0 Å². The van der Waals surface area contributed by atoms with Gasteiger partial charge in [0.1, 0.15) is 17.4 Å². The van der Waals surface area contributed by atoms with Crippen LogP contribution < -0.4 is 0 Å². The molecule has 108 valence electrons. The van der Waals surface area contributed by atoms with Crippen molar-refractivity contribution in [2.24, 2.45) is 7.05 Å². The Hall–Kier alpha value is -1.21. The lowest BCUT2D eigenvalue weighted by Crippen LogP contribution is -2.15. The molecule has 2 heterocycles. The Morgan fingerprint density at radius 1 is 1.45 bits per heavy atom. The van der Waals surface area contributed by atoms with Crippen LogP contribution >= 0.6 is 11.3 Å². The Balaban J connectivity index is 1.83. The molecule has 1 atom stereocenters. The first kappa shape index (κ1) is 13.8. The Labute approximate surface area is 122 Å². The molecule has 3 rings (SSSR count). The molecule has 0 aliphatic heterocycles. The Morgan fingerprint density at radius 3 is 2.80 bits per heavy atom. The molecule has 5 nitrogen and oxygen atoms in total. The second-order valence-electron chi connectivity index (χ2n) is 5.27. The van der Waals surface area contributed by atoms with Crippen molar-refractivity contribution in [1.82, 2.24) is 14.8 Å². The standard InChI is InChI=1S/C13H17N3O2S2/c1-9(11-4-3-7-19-11)20(17,18)8-12-14-15-13(16(12)2)10-5-6-10/h3-4,7,9-10H,5-6,8H2,1-2H3/t9-/m1/s1. The van der Waals surface area contributed by atoms with Crippen LogP contribution in [0, 0.1) is 0 Å². The number of hydrogen-bond acceptors (Lipinski definition) is 5. The quantitative estimate of drug-likeness (QED) is 0.850. The highest BCUT2D eigenvalue weighted by Crippen LogP contribution is 2.39. The summed E-state index contributed by atoms with van der Waals surface area (Å²) in [5, 5.41) is 9.60. The van der Waals surface area contributed by atoms with Crippen molar-refractivity contribution >= 4 is 21.2 Å². The highest BCUT2D eigenvalue weighted by molar-refractivity contribution is 7.91. The fraction of sp³-hybridized carbons (Fsp3) is 0.538. The van der Waals surface area contributed by atoms with Crippen LogP contribution in [-0.4, -0.2) is 23.2 Å². The normalized spacial score (nSPS) is 17.3. The second kappa shape index (κ2) is 4.96. The number of hydrogen-bond donors (Lipinski definition) is 0. The van der Waals surface area contributed by atoms with Gasteiger partial charge in [-0.05, 0) is 31.2 Å². The number of thiophene rings is 1. The van der Waals surface area contributed by atoms with E-state index in [0.29, 0.717) is 11.7 Å². The number of aromatic nitrogens is 3. The lowest BCUT2D eigenvalue weighted by Gasteiger charge is -2.11. The second-order valence-corrected chi connectivity index (χ2v) is 8.57. The molecule has 0 radical (unpaired) electrons. The maximum atomic E-state index is 12.5. The van der Waals surface area contributed by atoms with Crippen LogP contribution in [0.3, 0.4) is 0 Å². The molecule has 1 aliphatic rings. The van der Waals surface area contributed by atoms with Crippen LogP contribution in [0.2, 0.25) is 0 Å². The van der Waals surface area contributed by atoms with Crippen molar-refractivity contribution in [3.63, 3.8) is 0 Å². The number of rotatable bonds is 5. The molecule has 2 aromatic heterocycles. The number of nitrogens with zero attached hydrogens (tertiary/aromatic N) is 3. The van der Waals surface area contributed by atoms with Gasteiger partial charge in [0.15, 0.2) is 9.84 Å². The zero-order chi connectivity index (χ0) is 14.3. The van der Waals surface area contributed by atoms with Crippen molar-refractivity contribution in [2.75, 3.05) is 0 Å². The minimum absolute atomic E-state index is 0.0533. The predicted molar refractivity (Wildman–Crippen MR) is 78.3 cm³/mol. The largest absolute Gasteiger partial charge is 0.317 e. The molecule has 1 fully saturated rings. The molecule has 0 bridgehead atoms. The van der Waals surface area contributed by atoms with Gasteiger partial charge in [0, 0.05) is 17.8 Å². The molecule has 0 saturated heterocycles. The van der Waals surface area contributed by atoms with Gasteiger partial charge in [0.05, 0.1) is 5.25 Å². The summed E-state index contributed by atoms with van der Waals surface area (Å²) in [7, 11) is -1.41. The zero-order valence-electron chi connectivity index (χ0n) is 11.5. The maximum Gasteiger partial charge on any atom is 0.165 e. The highest BCUT2D eigenvalue weighted by Gasteiger charge is 2.31. The lowest BCUT2D eigenvalue weighted by atomic mass is 10.4. The predicted octanol–water partition coefficient (Wildman–Crippen LogP) is 2.43. The van der Waals surface area contributed by atoms with E-state index in [1.54, 1.807) is 6.92 Å². The van der Waals surface area contributed by atoms with Gasteiger partial charge in [-0.25, -0.2) is 8.42 Å². The van der Waals surface area contributed by atoms with E-state index in [2.05, 4.69) is 10.2 Å². The summed E-state index contributed by atoms with van der Waals surface area (Å²) in [6.07, 6.45) is 2.26. The summed E-state index contributed by atoms with van der Waals surface area (Å²) < 4.78 is 26.8. The molecule has 0 aromatic carbocycles. The summed E-state index contributed by atoms with van der Waals surface area (Å²) >= 11 is 1.47. The van der Waals surface area contributed by atoms with E-state index >= 15 is 0 Å². The van der Waals surface area contributed by atoms with E-state index < -0.39 is 15.1 Å². The molecule has 20 heavy (non-hydrogen) atoms. The molecule has 1 saturated carbocycles. The molecule has 1 aliphatic carbocycles. The Bertz CT molecular complexity index is 700. The third-order valence-electron chi connectivity index (χ3n) is 3.75. The van der Waals surface area contributed by atoms with E-state index in [1.807, 2.05) is 29.1 Å². The maximum absolute atomic E-state index is 12.5. The zero-order valence-corrected chi connectivity index (χ0v) is 13.1. The first-order valence-corrected chi connectivity index (χ1v) is 9.21. The summed E-state index contributed by atoms with van der Waals surface area (Å²) in [6, 6.07) is 3.73. The molecule has 0 unspecified atom stereocenters. The summed E-state index contributed by atoms with van der Waals surface area (Å²) in [6.45, 7) is 1.74. The Kier molecular flexibility index (Phi) is 3.41. The fourth-order valence-electron chi connectivity index (χ4n) is 2.20. The minimum atomic E-state index is -3.26. The molecule has 7 heteroatoms. The van der Waals surface area contributed by atoms with Crippen molar-refractivity contribution in [3.8, 4) is 0 Å². The topological polar surface area (TPSA) is 64.8 Å². The molecule has 0 amide bonds. The van der Waals surface area contributed by atoms with E-state index in [9.17, 15) is 8.42 Å². The Morgan fingerprint density at radius 2 is 2.20 bits per heavy atom. The van der Waals surface area contributed by atoms with Gasteiger partial charge in [-0.1, -0.05) is 6.07 Å². The van der Waals surface area contributed by atoms with Crippen LogP contribution in [0.1, 0.15) is 47.5 Å². The highest BCUT2D eigenvalue weighted by atomic mass is 32.2. The van der Waals surface area contributed by atoms with Gasteiger partial charge in [0.25, 0.3) is 0 Å². The van der Waals surface area contributed by atoms with Crippen LogP contribution in [0.25, 0.3) is 0 Å². The summed E-state index contributed by atoms with van der Waals surface area (Å²) in [4.78, 5) is 0.870. The van der Waals surface area contributed by atoms with Gasteiger partial charge >= 0.3 is 0 Å². The van der Waals surface area contributed by atoms with Crippen LogP contribution in [-0.2, 0) is 22.6 Å². The van der Waals surface area contributed by atoms with Crippen molar-refractivity contribution in [2.45, 2.75) is 36.7 Å².